The fraction of sp³-hybridized carbons (Fsp3) is 0.750. The minimum atomic E-state index is -1.31. The van der Waals surface area contributed by atoms with Gasteiger partial charge in [-0.3, -0.25) is 4.79 Å². The van der Waals surface area contributed by atoms with Crippen LogP contribution < -0.4 is 10.1 Å². The molecule has 1 atom stereocenters. The Kier molecular flexibility index (Phi) is 11.2. The molecule has 1 saturated heterocycles. The van der Waals surface area contributed by atoms with E-state index in [4.69, 9.17) is 4.74 Å². The van der Waals surface area contributed by atoms with Crippen LogP contribution in [0.15, 0.2) is 17.0 Å². The van der Waals surface area contributed by atoms with Crippen molar-refractivity contribution in [3.63, 3.8) is 0 Å². The van der Waals surface area contributed by atoms with Gasteiger partial charge in [-0.05, 0) is 115 Å². The quantitative estimate of drug-likeness (QED) is 0.483. The second-order valence-electron chi connectivity index (χ2n) is 11.1. The van der Waals surface area contributed by atoms with Crippen LogP contribution in [-0.2, 0) is 15.8 Å². The van der Waals surface area contributed by atoms with Gasteiger partial charge in [-0.2, -0.15) is 0 Å². The van der Waals surface area contributed by atoms with Crippen LogP contribution in [0.1, 0.15) is 56.1 Å². The third kappa shape index (κ3) is 8.27. The molecule has 0 bridgehead atoms. The molecular formula is C28H48N4O3S. The smallest absolute Gasteiger partial charge is 0.221 e. The summed E-state index contributed by atoms with van der Waals surface area (Å²) in [5.41, 5.74) is 1.88. The Balaban J connectivity index is 1.37. The Bertz CT molecular complexity index is 855. The molecule has 1 aliphatic heterocycles. The lowest BCUT2D eigenvalue weighted by Crippen LogP contribution is -2.42. The number of likely N-dealkylation sites (N-methyl/N-ethyl adjacent to an activating group) is 1. The molecule has 2 aliphatic rings. The standard InChI is InChI=1S/C28H48N4O3S/c1-21-19-26(35-6)20-22(2)28(21)36(34)31(5)14-13-27(33)29-25-9-7-23(8-10-25)24-11-15-32(16-12-24)18-17-30(3)4/h19-20,23-25H,7-18H2,1-6H3,(H,29,33). The maximum Gasteiger partial charge on any atom is 0.221 e. The molecule has 36 heavy (non-hydrogen) atoms. The van der Waals surface area contributed by atoms with Crippen molar-refractivity contribution in [2.45, 2.75) is 69.7 Å². The predicted molar refractivity (Wildman–Crippen MR) is 148 cm³/mol. The van der Waals surface area contributed by atoms with E-state index < -0.39 is 11.0 Å². The maximum atomic E-state index is 13.1. The molecule has 1 aliphatic carbocycles. The minimum absolute atomic E-state index is 0.0691. The summed E-state index contributed by atoms with van der Waals surface area (Å²) in [6.45, 7) is 9.16. The fourth-order valence-electron chi connectivity index (χ4n) is 5.83. The fourth-order valence-corrected chi connectivity index (χ4v) is 7.06. The molecule has 0 spiro atoms. The lowest BCUT2D eigenvalue weighted by atomic mass is 9.74. The van der Waals surface area contributed by atoms with Crippen LogP contribution in [0.5, 0.6) is 5.75 Å². The second kappa shape index (κ2) is 13.9. The Morgan fingerprint density at radius 2 is 1.58 bits per heavy atom. The number of hydrogen-bond donors (Lipinski definition) is 1. The molecule has 1 unspecified atom stereocenters. The van der Waals surface area contributed by atoms with E-state index in [2.05, 4.69) is 29.2 Å². The lowest BCUT2D eigenvalue weighted by Gasteiger charge is -2.39. The molecule has 2 fully saturated rings. The molecule has 1 amide bonds. The summed E-state index contributed by atoms with van der Waals surface area (Å²) >= 11 is 0. The molecule has 1 N–H and O–H groups in total. The van der Waals surface area contributed by atoms with Crippen LogP contribution >= 0.6 is 0 Å². The number of likely N-dealkylation sites (tertiary alicyclic amines) is 1. The van der Waals surface area contributed by atoms with Crippen molar-refractivity contribution in [3.05, 3.63) is 23.3 Å². The first-order chi connectivity index (χ1) is 17.2. The number of nitrogens with one attached hydrogen (secondary N) is 1. The summed E-state index contributed by atoms with van der Waals surface area (Å²) in [7, 11) is 6.45. The molecule has 1 saturated carbocycles. The molecule has 204 valence electrons. The predicted octanol–water partition coefficient (Wildman–Crippen LogP) is 3.61. The van der Waals surface area contributed by atoms with Gasteiger partial charge >= 0.3 is 0 Å². The van der Waals surface area contributed by atoms with Gasteiger partial charge in [0, 0.05) is 39.1 Å². The van der Waals surface area contributed by atoms with E-state index in [-0.39, 0.29) is 11.9 Å². The third-order valence-corrected chi connectivity index (χ3v) is 9.82. The number of methoxy groups -OCH3 is 1. The van der Waals surface area contributed by atoms with Crippen LogP contribution in [0.25, 0.3) is 0 Å². The van der Waals surface area contributed by atoms with Crippen LogP contribution in [-0.4, -0.2) is 91.2 Å². The number of hydrogen-bond acceptors (Lipinski definition) is 5. The van der Waals surface area contributed by atoms with E-state index in [1.165, 1.54) is 45.3 Å². The number of aryl methyl sites for hydroxylation is 2. The molecule has 7 nitrogen and oxygen atoms in total. The van der Waals surface area contributed by atoms with Gasteiger partial charge in [0.2, 0.25) is 5.91 Å². The zero-order valence-corrected chi connectivity index (χ0v) is 24.2. The number of piperidine rings is 1. The number of rotatable bonds is 11. The molecule has 8 heteroatoms. The summed E-state index contributed by atoms with van der Waals surface area (Å²) in [4.78, 5) is 18.3. The van der Waals surface area contributed by atoms with Crippen molar-refractivity contribution in [3.8, 4) is 5.75 Å². The van der Waals surface area contributed by atoms with Gasteiger partial charge in [-0.15, -0.1) is 0 Å². The van der Waals surface area contributed by atoms with Gasteiger partial charge in [-0.25, -0.2) is 8.51 Å². The number of carbonyl (C=O) groups excluding carboxylic acids is 1. The first kappa shape index (κ1) is 29.1. The first-order valence-electron chi connectivity index (χ1n) is 13.6. The summed E-state index contributed by atoms with van der Waals surface area (Å²) in [6, 6.07) is 4.10. The van der Waals surface area contributed by atoms with Gasteiger partial charge in [0.15, 0.2) is 0 Å². The Labute approximate surface area is 221 Å². The summed E-state index contributed by atoms with van der Waals surface area (Å²) in [6.07, 6.45) is 7.65. The van der Waals surface area contributed by atoms with Crippen LogP contribution in [0.4, 0.5) is 0 Å². The molecule has 0 radical (unpaired) electrons. The number of benzene rings is 1. The van der Waals surface area contributed by atoms with Gasteiger partial charge in [-0.1, -0.05) is 0 Å². The van der Waals surface area contributed by atoms with Crippen LogP contribution in [0.3, 0.4) is 0 Å². The largest absolute Gasteiger partial charge is 0.497 e. The number of carbonyl (C=O) groups is 1. The molecule has 1 heterocycles. The van der Waals surface area contributed by atoms with E-state index in [0.717, 1.165) is 53.0 Å². The van der Waals surface area contributed by atoms with Crippen molar-refractivity contribution in [1.29, 1.82) is 0 Å². The van der Waals surface area contributed by atoms with Crippen LogP contribution in [0, 0.1) is 25.7 Å². The summed E-state index contributed by atoms with van der Waals surface area (Å²) < 4.78 is 20.2. The highest BCUT2D eigenvalue weighted by molar-refractivity contribution is 7.82. The topological polar surface area (TPSA) is 65.1 Å². The molecule has 0 aromatic heterocycles. The number of amides is 1. The van der Waals surface area contributed by atoms with Crippen molar-refractivity contribution < 1.29 is 13.7 Å². The van der Waals surface area contributed by atoms with E-state index in [1.807, 2.05) is 33.0 Å². The second-order valence-corrected chi connectivity index (χ2v) is 12.6. The van der Waals surface area contributed by atoms with Crippen molar-refractivity contribution >= 4 is 16.9 Å². The third-order valence-electron chi connectivity index (χ3n) is 8.08. The number of ether oxygens (including phenoxy) is 1. The average molecular weight is 521 g/mol. The normalized spacial score (nSPS) is 22.7. The zero-order valence-electron chi connectivity index (χ0n) is 23.3. The summed E-state index contributed by atoms with van der Waals surface area (Å²) in [5, 5.41) is 3.25. The first-order valence-corrected chi connectivity index (χ1v) is 14.7. The monoisotopic (exact) mass is 520 g/mol. The van der Waals surface area contributed by atoms with Gasteiger partial charge in [0.05, 0.1) is 12.0 Å². The molecular weight excluding hydrogens is 472 g/mol. The maximum absolute atomic E-state index is 13.1. The molecule has 1 aromatic rings. The Morgan fingerprint density at radius 1 is 1.00 bits per heavy atom. The Hall–Kier alpha value is -1.48. The zero-order chi connectivity index (χ0) is 26.2. The highest BCUT2D eigenvalue weighted by Crippen LogP contribution is 2.36. The van der Waals surface area contributed by atoms with E-state index in [1.54, 1.807) is 11.4 Å². The SMILES string of the molecule is COc1cc(C)c(S(=O)N(C)CCC(=O)NC2CCC(C3CCN(CCN(C)C)CC3)CC2)c(C)c1. The molecule has 1 aromatic carbocycles. The van der Waals surface area contributed by atoms with Crippen molar-refractivity contribution in [2.75, 3.05) is 61.0 Å². The number of nitrogens with zero attached hydrogens (tertiary/aromatic N) is 3. The highest BCUT2D eigenvalue weighted by Gasteiger charge is 2.30. The van der Waals surface area contributed by atoms with E-state index in [9.17, 15) is 9.00 Å². The van der Waals surface area contributed by atoms with E-state index >= 15 is 0 Å². The van der Waals surface area contributed by atoms with Crippen molar-refractivity contribution in [2.24, 2.45) is 11.8 Å². The Morgan fingerprint density at radius 3 is 2.14 bits per heavy atom. The van der Waals surface area contributed by atoms with Crippen molar-refractivity contribution in [1.82, 2.24) is 19.4 Å². The summed E-state index contributed by atoms with van der Waals surface area (Å²) in [5.74, 6) is 2.51. The van der Waals surface area contributed by atoms with Gasteiger partial charge in [0.1, 0.15) is 16.7 Å². The molecule has 3 rings (SSSR count). The average Bonchev–Trinajstić information content (AvgIpc) is 2.86. The van der Waals surface area contributed by atoms with Gasteiger partial charge in [0.25, 0.3) is 0 Å². The van der Waals surface area contributed by atoms with E-state index in [0.29, 0.717) is 13.0 Å². The highest BCUT2D eigenvalue weighted by atomic mass is 32.2. The lowest BCUT2D eigenvalue weighted by molar-refractivity contribution is -0.122. The van der Waals surface area contributed by atoms with Crippen LogP contribution in [0.2, 0.25) is 0 Å². The minimum Gasteiger partial charge on any atom is -0.497 e. The van der Waals surface area contributed by atoms with Gasteiger partial charge < -0.3 is 19.9 Å².